The molecule has 2 aromatic rings. The van der Waals surface area contributed by atoms with E-state index in [1.807, 2.05) is 23.1 Å². The van der Waals surface area contributed by atoms with E-state index in [2.05, 4.69) is 58.9 Å². The number of carbonyl (C=O) groups is 1. The first-order valence-corrected chi connectivity index (χ1v) is 11.8. The Hall–Kier alpha value is -3.32. The molecule has 2 fully saturated rings. The highest BCUT2D eigenvalue weighted by Gasteiger charge is 2.50. The van der Waals surface area contributed by atoms with E-state index in [-0.39, 0.29) is 11.3 Å². The quantitative estimate of drug-likeness (QED) is 0.707. The van der Waals surface area contributed by atoms with Crippen molar-refractivity contribution in [3.05, 3.63) is 66.0 Å². The lowest BCUT2D eigenvalue weighted by atomic mass is 9.83. The van der Waals surface area contributed by atoms with Crippen molar-refractivity contribution in [3.63, 3.8) is 0 Å². The fourth-order valence-corrected chi connectivity index (χ4v) is 5.59. The number of likely N-dealkylation sites (tertiary alicyclic amines) is 1. The van der Waals surface area contributed by atoms with Crippen LogP contribution < -0.4 is 15.0 Å². The molecule has 0 radical (unpaired) electrons. The van der Waals surface area contributed by atoms with Crippen LogP contribution in [0.2, 0.25) is 0 Å². The number of pyridine rings is 1. The van der Waals surface area contributed by atoms with Gasteiger partial charge in [0.2, 0.25) is 5.91 Å². The first-order valence-electron chi connectivity index (χ1n) is 11.8. The zero-order valence-electron chi connectivity index (χ0n) is 20.3. The number of amides is 1. The van der Waals surface area contributed by atoms with Gasteiger partial charge >= 0.3 is 0 Å². The van der Waals surface area contributed by atoms with E-state index in [0.717, 1.165) is 73.3 Å². The summed E-state index contributed by atoms with van der Waals surface area (Å²) in [6.45, 7) is 11.3. The minimum Gasteiger partial charge on any atom is -0.495 e. The van der Waals surface area contributed by atoms with Crippen LogP contribution in [-0.2, 0) is 11.3 Å². The van der Waals surface area contributed by atoms with Gasteiger partial charge in [0.25, 0.3) is 0 Å². The number of nitrogens with zero attached hydrogens (tertiary/aromatic N) is 4. The highest BCUT2D eigenvalue weighted by atomic mass is 16.5. The van der Waals surface area contributed by atoms with Gasteiger partial charge in [0.1, 0.15) is 11.6 Å². The maximum atomic E-state index is 13.0. The topological polar surface area (TPSA) is 60.9 Å². The average molecular weight is 460 g/mol. The molecule has 5 rings (SSSR count). The molecule has 1 aromatic carbocycles. The Balaban J connectivity index is 1.24. The minimum atomic E-state index is 0.0676. The number of fused-ring (bicyclic) bond motifs is 2. The summed E-state index contributed by atoms with van der Waals surface area (Å²) >= 11 is 0. The van der Waals surface area contributed by atoms with Crippen molar-refractivity contribution < 1.29 is 9.53 Å². The van der Waals surface area contributed by atoms with Gasteiger partial charge in [0.05, 0.1) is 12.8 Å². The molecule has 0 saturated carbocycles. The second-order valence-corrected chi connectivity index (χ2v) is 10.1. The number of anilines is 2. The summed E-state index contributed by atoms with van der Waals surface area (Å²) in [5, 5.41) is 3.28. The summed E-state index contributed by atoms with van der Waals surface area (Å²) in [5.41, 5.74) is 4.19. The number of nitrogens with one attached hydrogen (secondary N) is 1. The number of methoxy groups -OCH3 is 1. The molecule has 7 nitrogen and oxygen atoms in total. The Morgan fingerprint density at radius 1 is 1.26 bits per heavy atom. The largest absolute Gasteiger partial charge is 0.495 e. The van der Waals surface area contributed by atoms with Crippen LogP contribution in [-0.4, -0.2) is 67.6 Å². The highest BCUT2D eigenvalue weighted by molar-refractivity contribution is 5.92. The highest BCUT2D eigenvalue weighted by Crippen LogP contribution is 2.45. The van der Waals surface area contributed by atoms with Gasteiger partial charge in [-0.2, -0.15) is 0 Å². The molecular formula is C27H33N5O2. The number of hydrogen-bond acceptors (Lipinski definition) is 6. The van der Waals surface area contributed by atoms with Crippen LogP contribution in [0.15, 0.2) is 54.9 Å². The molecule has 1 amide bonds. The minimum absolute atomic E-state index is 0.0676. The normalized spacial score (nSPS) is 24.7. The molecule has 0 bridgehead atoms. The molecule has 1 N–H and O–H groups in total. The molecule has 0 unspecified atom stereocenters. The zero-order chi connectivity index (χ0) is 23.9. The molecule has 1 aromatic heterocycles. The second-order valence-electron chi connectivity index (χ2n) is 10.1. The number of hydrogen-bond donors (Lipinski definition) is 1. The molecular weight excluding hydrogens is 426 g/mol. The predicted octanol–water partition coefficient (Wildman–Crippen LogP) is 3.46. The van der Waals surface area contributed by atoms with E-state index in [9.17, 15) is 4.79 Å². The SMILES string of the molecule is C=C1CN(C)Cc2cc(/C=C/C(=O)N3C[C@H]4CN(c5ccccc5OC)C[C@@]4(C)C3)cnc2N1. The van der Waals surface area contributed by atoms with Crippen LogP contribution in [0.4, 0.5) is 11.5 Å². The van der Waals surface area contributed by atoms with E-state index in [4.69, 9.17) is 4.74 Å². The number of ether oxygens (including phenoxy) is 1. The van der Waals surface area contributed by atoms with Crippen LogP contribution in [0.3, 0.4) is 0 Å². The summed E-state index contributed by atoms with van der Waals surface area (Å²) < 4.78 is 5.57. The smallest absolute Gasteiger partial charge is 0.246 e. The number of benzene rings is 1. The predicted molar refractivity (Wildman–Crippen MR) is 136 cm³/mol. The van der Waals surface area contributed by atoms with Crippen LogP contribution in [0.1, 0.15) is 18.1 Å². The Morgan fingerprint density at radius 3 is 2.88 bits per heavy atom. The first kappa shape index (κ1) is 22.5. The van der Waals surface area contributed by atoms with Gasteiger partial charge in [-0.3, -0.25) is 9.69 Å². The van der Waals surface area contributed by atoms with Crippen LogP contribution in [0.5, 0.6) is 5.75 Å². The van der Waals surface area contributed by atoms with Gasteiger partial charge in [0, 0.05) is 74.1 Å². The Bertz CT molecular complexity index is 1150. The third-order valence-corrected chi connectivity index (χ3v) is 7.31. The number of likely N-dealkylation sites (N-methyl/N-ethyl adjacent to an activating group) is 1. The van der Waals surface area contributed by atoms with Crippen molar-refractivity contribution in [1.29, 1.82) is 0 Å². The molecule has 34 heavy (non-hydrogen) atoms. The standard InChI is InChI=1S/C27H33N5O2/c1-19-13-30(3)14-21-11-20(12-28-26(21)29-19)9-10-25(33)32-16-22-15-31(17-27(22,2)18-32)23-7-5-6-8-24(23)34-4/h5-12,22H,1,13-18H2,2-4H3,(H,28,29)/b10-9+/t22-,27+/m1/s1. The molecule has 2 atom stereocenters. The summed E-state index contributed by atoms with van der Waals surface area (Å²) in [7, 11) is 3.78. The summed E-state index contributed by atoms with van der Waals surface area (Å²) in [5.74, 6) is 2.26. The van der Waals surface area contributed by atoms with Crippen molar-refractivity contribution in [1.82, 2.24) is 14.8 Å². The van der Waals surface area contributed by atoms with Gasteiger partial charge in [-0.15, -0.1) is 0 Å². The lowest BCUT2D eigenvalue weighted by Crippen LogP contribution is -2.34. The summed E-state index contributed by atoms with van der Waals surface area (Å²) in [6.07, 6.45) is 5.38. The van der Waals surface area contributed by atoms with Crippen molar-refractivity contribution in [3.8, 4) is 5.75 Å². The molecule has 3 aliphatic rings. The maximum absolute atomic E-state index is 13.0. The van der Waals surface area contributed by atoms with Crippen molar-refractivity contribution in [2.24, 2.45) is 11.3 Å². The number of aromatic nitrogens is 1. The van der Waals surface area contributed by atoms with Crippen LogP contribution in [0.25, 0.3) is 6.08 Å². The summed E-state index contributed by atoms with van der Waals surface area (Å²) in [4.78, 5) is 24.2. The Kier molecular flexibility index (Phi) is 5.81. The monoisotopic (exact) mass is 459 g/mol. The Labute approximate surface area is 201 Å². The van der Waals surface area contributed by atoms with Crippen molar-refractivity contribution in [2.75, 3.05) is 57.1 Å². The van der Waals surface area contributed by atoms with Crippen molar-refractivity contribution in [2.45, 2.75) is 13.5 Å². The van der Waals surface area contributed by atoms with Gasteiger partial charge < -0.3 is 19.9 Å². The molecule has 0 aliphatic carbocycles. The molecule has 2 saturated heterocycles. The molecule has 178 valence electrons. The van der Waals surface area contributed by atoms with E-state index in [1.165, 1.54) is 0 Å². The fourth-order valence-electron chi connectivity index (χ4n) is 5.59. The first-order chi connectivity index (χ1) is 16.3. The average Bonchev–Trinajstić information content (AvgIpc) is 3.25. The molecule has 3 aliphatic heterocycles. The van der Waals surface area contributed by atoms with E-state index < -0.39 is 0 Å². The number of carbonyl (C=O) groups excluding carboxylic acids is 1. The van der Waals surface area contributed by atoms with E-state index in [1.54, 1.807) is 19.4 Å². The van der Waals surface area contributed by atoms with Gasteiger partial charge in [-0.25, -0.2) is 4.98 Å². The van der Waals surface area contributed by atoms with Gasteiger partial charge in [-0.1, -0.05) is 25.6 Å². The lowest BCUT2D eigenvalue weighted by molar-refractivity contribution is -0.125. The molecule has 4 heterocycles. The lowest BCUT2D eigenvalue weighted by Gasteiger charge is -2.27. The Morgan fingerprint density at radius 2 is 2.09 bits per heavy atom. The third-order valence-electron chi connectivity index (χ3n) is 7.31. The zero-order valence-corrected chi connectivity index (χ0v) is 20.3. The number of para-hydroxylation sites is 2. The maximum Gasteiger partial charge on any atom is 0.246 e. The van der Waals surface area contributed by atoms with Crippen molar-refractivity contribution >= 4 is 23.5 Å². The van der Waals surface area contributed by atoms with Gasteiger partial charge in [0.15, 0.2) is 0 Å². The van der Waals surface area contributed by atoms with E-state index in [0.29, 0.717) is 5.92 Å². The van der Waals surface area contributed by atoms with Crippen LogP contribution >= 0.6 is 0 Å². The third kappa shape index (κ3) is 4.28. The fraction of sp³-hybridized carbons (Fsp3) is 0.407. The van der Waals surface area contributed by atoms with Crippen LogP contribution in [0, 0.1) is 11.3 Å². The second kappa shape index (κ2) is 8.80. The van der Waals surface area contributed by atoms with Gasteiger partial charge in [-0.05, 0) is 36.9 Å². The molecule has 7 heteroatoms. The molecule has 0 spiro atoms. The summed E-state index contributed by atoms with van der Waals surface area (Å²) in [6, 6.07) is 10.3. The van der Waals surface area contributed by atoms with E-state index >= 15 is 0 Å². The number of rotatable bonds is 4.